The Morgan fingerprint density at radius 2 is 0.953 bits per heavy atom. The fraction of sp³-hybridized carbons (Fsp3) is 0.561. The van der Waals surface area contributed by atoms with Gasteiger partial charge in [-0.1, -0.05) is 126 Å². The second kappa shape index (κ2) is 24.7. The van der Waals surface area contributed by atoms with Crippen LogP contribution < -0.4 is 0 Å². The summed E-state index contributed by atoms with van der Waals surface area (Å²) in [6.07, 6.45) is 32.6. The first-order valence-electron chi connectivity index (χ1n) is 17.8. The van der Waals surface area contributed by atoms with Gasteiger partial charge in [-0.15, -0.1) is 0 Å². The molecule has 0 atom stereocenters. The van der Waals surface area contributed by atoms with E-state index in [2.05, 4.69) is 101 Å². The van der Waals surface area contributed by atoms with Crippen molar-refractivity contribution < 1.29 is 0 Å². The molecule has 0 aliphatic heterocycles. The number of unbranched alkanes of at least 4 members (excludes halogenated alkanes) is 11. The summed E-state index contributed by atoms with van der Waals surface area (Å²) in [5.41, 5.74) is 7.08. The van der Waals surface area contributed by atoms with E-state index in [0.29, 0.717) is 0 Å². The summed E-state index contributed by atoms with van der Waals surface area (Å²) in [7, 11) is 0. The van der Waals surface area contributed by atoms with Crippen molar-refractivity contribution in [3.05, 3.63) is 84.0 Å². The fourth-order valence-corrected chi connectivity index (χ4v) is 5.39. The second-order valence-corrected chi connectivity index (χ2v) is 12.0. The van der Waals surface area contributed by atoms with Crippen LogP contribution in [0.15, 0.2) is 82.8 Å². The van der Waals surface area contributed by atoms with Gasteiger partial charge in [-0.2, -0.15) is 0 Å². The molecule has 2 aromatic rings. The maximum Gasteiger partial charge on any atom is 0.0665 e. The maximum atomic E-state index is 5.26. The topological polar surface area (TPSA) is 24.7 Å². The molecule has 2 aromatic carbocycles. The van der Waals surface area contributed by atoms with Crippen LogP contribution in [0.1, 0.15) is 148 Å². The van der Waals surface area contributed by atoms with E-state index in [4.69, 9.17) is 9.98 Å². The van der Waals surface area contributed by atoms with Crippen LogP contribution in [-0.4, -0.2) is 11.4 Å². The molecule has 2 heteroatoms. The lowest BCUT2D eigenvalue weighted by atomic mass is 10.0. The zero-order chi connectivity index (χ0) is 30.8. The van der Waals surface area contributed by atoms with E-state index in [9.17, 15) is 0 Å². The average molecular weight is 583 g/mol. The normalized spacial score (nSPS) is 12.7. The van der Waals surface area contributed by atoms with E-state index < -0.39 is 0 Å². The first-order valence-corrected chi connectivity index (χ1v) is 17.8. The minimum atomic E-state index is 0.964. The van der Waals surface area contributed by atoms with E-state index in [0.717, 1.165) is 80.6 Å². The smallest absolute Gasteiger partial charge is 0.0665 e. The quantitative estimate of drug-likeness (QED) is 0.0668. The first kappa shape index (κ1) is 36.5. The SMILES string of the molecule is CCCCCC/C=C/CCCc1ccccc1N=C(C)C(CCCC)=Nc1ccccc1CCC/C=C/CCCCCC. The molecule has 2 nitrogen and oxygen atoms in total. The van der Waals surface area contributed by atoms with Crippen LogP contribution in [-0.2, 0) is 12.8 Å². The van der Waals surface area contributed by atoms with Crippen LogP contribution in [0.25, 0.3) is 0 Å². The minimum absolute atomic E-state index is 0.964. The molecule has 0 radical (unpaired) electrons. The number of rotatable bonds is 24. The Kier molecular flexibility index (Phi) is 20.9. The van der Waals surface area contributed by atoms with Gasteiger partial charge in [0.05, 0.1) is 22.8 Å². The number of aryl methyl sites for hydroxylation is 2. The van der Waals surface area contributed by atoms with Crippen molar-refractivity contribution in [2.75, 3.05) is 0 Å². The summed E-state index contributed by atoms with van der Waals surface area (Å²) in [6, 6.07) is 17.4. The van der Waals surface area contributed by atoms with Gasteiger partial charge in [0.2, 0.25) is 0 Å². The maximum absolute atomic E-state index is 5.26. The fourth-order valence-electron chi connectivity index (χ4n) is 5.39. The number of para-hydroxylation sites is 2. The summed E-state index contributed by atoms with van der Waals surface area (Å²) in [5.74, 6) is 0. The van der Waals surface area contributed by atoms with E-state index in [-0.39, 0.29) is 0 Å². The number of allylic oxidation sites excluding steroid dienone is 4. The summed E-state index contributed by atoms with van der Waals surface area (Å²) in [5, 5.41) is 0. The molecule has 0 unspecified atom stereocenters. The molecular formula is C41H62N2. The Morgan fingerprint density at radius 1 is 0.512 bits per heavy atom. The number of benzene rings is 2. The Hall–Kier alpha value is -2.74. The zero-order valence-corrected chi connectivity index (χ0v) is 28.3. The lowest BCUT2D eigenvalue weighted by Gasteiger charge is -2.11. The van der Waals surface area contributed by atoms with Gasteiger partial charge >= 0.3 is 0 Å². The molecule has 0 amide bonds. The van der Waals surface area contributed by atoms with Crippen molar-refractivity contribution in [1.82, 2.24) is 0 Å². The molecule has 0 aliphatic rings. The largest absolute Gasteiger partial charge is 0.252 e. The van der Waals surface area contributed by atoms with Crippen LogP contribution in [0.2, 0.25) is 0 Å². The molecule has 0 fully saturated rings. The summed E-state index contributed by atoms with van der Waals surface area (Å²) in [6.45, 7) is 8.95. The average Bonchev–Trinajstić information content (AvgIpc) is 3.02. The number of aliphatic imine (C=N–C) groups is 2. The van der Waals surface area contributed by atoms with Gasteiger partial charge in [-0.05, 0) is 107 Å². The van der Waals surface area contributed by atoms with E-state index in [1.54, 1.807) is 0 Å². The van der Waals surface area contributed by atoms with Crippen molar-refractivity contribution >= 4 is 22.8 Å². The van der Waals surface area contributed by atoms with Gasteiger partial charge in [-0.3, -0.25) is 9.98 Å². The third-order valence-corrected chi connectivity index (χ3v) is 8.13. The van der Waals surface area contributed by atoms with Gasteiger partial charge in [0.25, 0.3) is 0 Å². The molecule has 0 saturated carbocycles. The minimum Gasteiger partial charge on any atom is -0.252 e. The predicted molar refractivity (Wildman–Crippen MR) is 194 cm³/mol. The summed E-state index contributed by atoms with van der Waals surface area (Å²) < 4.78 is 0. The van der Waals surface area contributed by atoms with Gasteiger partial charge in [0.15, 0.2) is 0 Å². The van der Waals surface area contributed by atoms with Crippen LogP contribution in [0.3, 0.4) is 0 Å². The van der Waals surface area contributed by atoms with Crippen LogP contribution >= 0.6 is 0 Å². The van der Waals surface area contributed by atoms with E-state index >= 15 is 0 Å². The monoisotopic (exact) mass is 582 g/mol. The lowest BCUT2D eigenvalue weighted by molar-refractivity contribution is 0.673. The molecule has 43 heavy (non-hydrogen) atoms. The molecule has 0 aromatic heterocycles. The highest BCUT2D eigenvalue weighted by atomic mass is 14.8. The third kappa shape index (κ3) is 16.6. The zero-order valence-electron chi connectivity index (χ0n) is 28.3. The molecular weight excluding hydrogens is 520 g/mol. The first-order chi connectivity index (χ1) is 21.2. The molecule has 0 heterocycles. The van der Waals surface area contributed by atoms with Gasteiger partial charge in [0.1, 0.15) is 0 Å². The Bertz CT molecular complexity index is 1100. The molecule has 0 bridgehead atoms. The van der Waals surface area contributed by atoms with Crippen molar-refractivity contribution in [3.8, 4) is 0 Å². The van der Waals surface area contributed by atoms with Gasteiger partial charge < -0.3 is 0 Å². The molecule has 0 N–H and O–H groups in total. The molecule has 0 saturated heterocycles. The molecule has 2 rings (SSSR count). The molecule has 236 valence electrons. The van der Waals surface area contributed by atoms with Crippen LogP contribution in [0.4, 0.5) is 11.4 Å². The highest BCUT2D eigenvalue weighted by Crippen LogP contribution is 2.25. The van der Waals surface area contributed by atoms with E-state index in [1.165, 1.54) is 75.3 Å². The second-order valence-electron chi connectivity index (χ2n) is 12.0. The van der Waals surface area contributed by atoms with Gasteiger partial charge in [0, 0.05) is 0 Å². The van der Waals surface area contributed by atoms with Crippen LogP contribution in [0.5, 0.6) is 0 Å². The Morgan fingerprint density at radius 3 is 1.44 bits per heavy atom. The van der Waals surface area contributed by atoms with Gasteiger partial charge in [-0.25, -0.2) is 0 Å². The highest BCUT2D eigenvalue weighted by Gasteiger charge is 2.09. The van der Waals surface area contributed by atoms with Crippen molar-refractivity contribution in [3.63, 3.8) is 0 Å². The molecule has 0 spiro atoms. The standard InChI is InChI=1S/C41H62N2/c1-5-8-11-13-15-17-19-21-23-29-37-31-25-27-34-40(37)42-36(4)39(33-10-7-3)43-41-35-28-26-32-38(41)30-24-22-20-18-16-14-12-9-6-2/h17-20,25-28,31-32,34-35H,5-16,21-24,29-30,33H2,1-4H3/b19-17+,20-18+,42-36?,43-39?. The Labute approximate surface area is 265 Å². The molecule has 0 aliphatic carbocycles. The number of hydrogen-bond donors (Lipinski definition) is 0. The van der Waals surface area contributed by atoms with Crippen molar-refractivity contribution in [2.45, 2.75) is 150 Å². The summed E-state index contributed by atoms with van der Waals surface area (Å²) in [4.78, 5) is 10.4. The van der Waals surface area contributed by atoms with Crippen LogP contribution in [0, 0.1) is 0 Å². The Balaban J connectivity index is 2.04. The summed E-state index contributed by atoms with van der Waals surface area (Å²) >= 11 is 0. The van der Waals surface area contributed by atoms with Crippen molar-refractivity contribution in [2.24, 2.45) is 9.98 Å². The third-order valence-electron chi connectivity index (χ3n) is 8.13. The lowest BCUT2D eigenvalue weighted by Crippen LogP contribution is -2.10. The highest BCUT2D eigenvalue weighted by molar-refractivity contribution is 6.42. The number of nitrogens with zero attached hydrogens (tertiary/aromatic N) is 2. The predicted octanol–water partition coefficient (Wildman–Crippen LogP) is 13.4. The number of hydrogen-bond acceptors (Lipinski definition) is 2. The van der Waals surface area contributed by atoms with E-state index in [1.807, 2.05) is 0 Å². The van der Waals surface area contributed by atoms with Crippen molar-refractivity contribution in [1.29, 1.82) is 0 Å².